The Kier molecular flexibility index (Phi) is 8.77. The number of hydrogen-bond donors (Lipinski definition) is 1. The second-order valence-corrected chi connectivity index (χ2v) is 19.0. The number of rotatable bonds is 10. The van der Waals surface area contributed by atoms with E-state index in [1.165, 1.54) is 6.07 Å². The van der Waals surface area contributed by atoms with Crippen LogP contribution in [-0.4, -0.2) is 40.7 Å². The van der Waals surface area contributed by atoms with Gasteiger partial charge >= 0.3 is 0 Å². The molecule has 1 saturated carbocycles. The number of pyridine rings is 1. The summed E-state index contributed by atoms with van der Waals surface area (Å²) < 4.78 is 37.9. The zero-order valence-corrected chi connectivity index (χ0v) is 26.7. The summed E-state index contributed by atoms with van der Waals surface area (Å²) in [6.45, 7) is 10.9. The molecule has 0 aliphatic heterocycles. The van der Waals surface area contributed by atoms with Gasteiger partial charge < -0.3 is 14.6 Å². The van der Waals surface area contributed by atoms with Gasteiger partial charge in [0, 0.05) is 51.0 Å². The van der Waals surface area contributed by atoms with Gasteiger partial charge in [0.15, 0.2) is 0 Å². The van der Waals surface area contributed by atoms with E-state index in [1.54, 1.807) is 47.6 Å². The van der Waals surface area contributed by atoms with Gasteiger partial charge in [-0.05, 0) is 63.1 Å². The molecular formula is C32H42F2N4O4Si. The number of amides is 1. The van der Waals surface area contributed by atoms with Crippen molar-refractivity contribution in [3.05, 3.63) is 63.2 Å². The lowest BCUT2D eigenvalue weighted by Crippen LogP contribution is -2.32. The first-order chi connectivity index (χ1) is 20.2. The van der Waals surface area contributed by atoms with E-state index >= 15 is 0 Å². The number of carbonyl (C=O) groups excluding carboxylic acids is 2. The predicted octanol–water partition coefficient (Wildman–Crippen LogP) is 6.36. The molecule has 1 amide bonds. The number of Topliss-reactive ketones (excluding diaryl/α,β-unsaturated/α-hetero) is 1. The van der Waals surface area contributed by atoms with E-state index in [2.05, 4.69) is 30.1 Å². The van der Waals surface area contributed by atoms with Crippen LogP contribution in [0.4, 0.5) is 8.78 Å². The molecule has 8 nitrogen and oxygen atoms in total. The summed E-state index contributed by atoms with van der Waals surface area (Å²) in [4.78, 5) is 39.5. The normalized spacial score (nSPS) is 20.6. The summed E-state index contributed by atoms with van der Waals surface area (Å²) in [6, 6.07) is 5.15. The molecule has 232 valence electrons. The number of benzene rings is 1. The molecular weight excluding hydrogens is 570 g/mol. The predicted molar refractivity (Wildman–Crippen MR) is 164 cm³/mol. The lowest BCUT2D eigenvalue weighted by Gasteiger charge is -2.29. The number of alkyl halides is 2. The molecule has 11 heteroatoms. The molecule has 2 aromatic heterocycles. The number of ether oxygens (including phenoxy) is 1. The van der Waals surface area contributed by atoms with Gasteiger partial charge in [0.2, 0.25) is 0 Å². The molecule has 0 radical (unpaired) electrons. The van der Waals surface area contributed by atoms with Crippen LogP contribution in [0.1, 0.15) is 85.1 Å². The SMILES string of the molecule is CC(=O)C1CCC(n2cc(C(=O)N[C@H](C)c3cccc4c3CCC4(F)F)c3nn(COCC[Si](C)(C)C)cc3c2=O)CC1. The Labute approximate surface area is 251 Å². The molecule has 0 spiro atoms. The van der Waals surface area contributed by atoms with Crippen molar-refractivity contribution in [1.29, 1.82) is 0 Å². The second kappa shape index (κ2) is 12.1. The summed E-state index contributed by atoms with van der Waals surface area (Å²) in [5.74, 6) is -3.15. The number of hydrogen-bond acceptors (Lipinski definition) is 5. The highest BCUT2D eigenvalue weighted by Gasteiger charge is 2.40. The molecule has 3 aromatic rings. The monoisotopic (exact) mass is 612 g/mol. The summed E-state index contributed by atoms with van der Waals surface area (Å²) in [5.41, 5.74) is 1.56. The molecule has 43 heavy (non-hydrogen) atoms. The van der Waals surface area contributed by atoms with E-state index in [9.17, 15) is 23.2 Å². The maximum atomic E-state index is 14.4. The molecule has 2 aliphatic carbocycles. The van der Waals surface area contributed by atoms with Crippen molar-refractivity contribution in [3.8, 4) is 0 Å². The van der Waals surface area contributed by atoms with Gasteiger partial charge in [0.05, 0.1) is 17.0 Å². The Hall–Kier alpha value is -3.18. The van der Waals surface area contributed by atoms with Crippen molar-refractivity contribution in [2.24, 2.45) is 5.92 Å². The average Bonchev–Trinajstić information content (AvgIpc) is 3.52. The third-order valence-electron chi connectivity index (χ3n) is 8.99. The maximum Gasteiger partial charge on any atom is 0.273 e. The third-order valence-corrected chi connectivity index (χ3v) is 10.7. The first-order valence-electron chi connectivity index (χ1n) is 15.3. The molecule has 1 aromatic carbocycles. The van der Waals surface area contributed by atoms with Gasteiger partial charge in [0.25, 0.3) is 17.4 Å². The number of nitrogens with zero attached hydrogens (tertiary/aromatic N) is 3. The quantitative estimate of drug-likeness (QED) is 0.212. The van der Waals surface area contributed by atoms with E-state index in [4.69, 9.17) is 4.74 Å². The molecule has 1 N–H and O–H groups in total. The van der Waals surface area contributed by atoms with Crippen LogP contribution < -0.4 is 10.9 Å². The lowest BCUT2D eigenvalue weighted by atomic mass is 9.83. The van der Waals surface area contributed by atoms with Gasteiger partial charge in [-0.15, -0.1) is 0 Å². The van der Waals surface area contributed by atoms with Crippen LogP contribution in [0.15, 0.2) is 35.4 Å². The van der Waals surface area contributed by atoms with Gasteiger partial charge in [0.1, 0.15) is 18.0 Å². The molecule has 2 heterocycles. The van der Waals surface area contributed by atoms with Crippen molar-refractivity contribution in [2.75, 3.05) is 6.61 Å². The van der Waals surface area contributed by atoms with Crippen molar-refractivity contribution in [3.63, 3.8) is 0 Å². The second-order valence-electron chi connectivity index (χ2n) is 13.4. The van der Waals surface area contributed by atoms with E-state index in [-0.39, 0.29) is 59.5 Å². The van der Waals surface area contributed by atoms with Crippen LogP contribution in [0.3, 0.4) is 0 Å². The van der Waals surface area contributed by atoms with Gasteiger partial charge in [-0.3, -0.25) is 14.4 Å². The Morgan fingerprint density at radius 1 is 1.16 bits per heavy atom. The molecule has 0 saturated heterocycles. The fourth-order valence-corrected chi connectivity index (χ4v) is 7.13. The third kappa shape index (κ3) is 6.67. The molecule has 5 rings (SSSR count). The zero-order valence-electron chi connectivity index (χ0n) is 25.7. The van der Waals surface area contributed by atoms with Crippen LogP contribution in [0.2, 0.25) is 25.7 Å². The van der Waals surface area contributed by atoms with E-state index in [0.717, 1.165) is 6.04 Å². The minimum atomic E-state index is -2.87. The fourth-order valence-electron chi connectivity index (χ4n) is 6.38. The number of ketones is 1. The first kappa shape index (κ1) is 31.2. The number of halogens is 2. The van der Waals surface area contributed by atoms with E-state index < -0.39 is 25.9 Å². The van der Waals surface area contributed by atoms with Crippen LogP contribution in [0.5, 0.6) is 0 Å². The Morgan fingerprint density at radius 2 is 1.88 bits per heavy atom. The fraction of sp³-hybridized carbons (Fsp3) is 0.562. The largest absolute Gasteiger partial charge is 0.360 e. The number of carbonyl (C=O) groups is 2. The van der Waals surface area contributed by atoms with Crippen molar-refractivity contribution < 1.29 is 23.1 Å². The highest BCUT2D eigenvalue weighted by Crippen LogP contribution is 2.44. The van der Waals surface area contributed by atoms with Crippen LogP contribution in [-0.2, 0) is 28.6 Å². The van der Waals surface area contributed by atoms with E-state index in [1.807, 2.05) is 0 Å². The zero-order chi connectivity index (χ0) is 31.1. The maximum absolute atomic E-state index is 14.4. The topological polar surface area (TPSA) is 95.2 Å². The Balaban J connectivity index is 1.46. The highest BCUT2D eigenvalue weighted by molar-refractivity contribution is 6.76. The molecule has 0 unspecified atom stereocenters. The summed E-state index contributed by atoms with van der Waals surface area (Å²) in [7, 11) is -1.28. The first-order valence-corrected chi connectivity index (χ1v) is 19.0. The minimum Gasteiger partial charge on any atom is -0.360 e. The lowest BCUT2D eigenvalue weighted by molar-refractivity contribution is -0.121. The van der Waals surface area contributed by atoms with Crippen molar-refractivity contribution >= 4 is 30.7 Å². The average molecular weight is 613 g/mol. The van der Waals surface area contributed by atoms with Crippen LogP contribution >= 0.6 is 0 Å². The van der Waals surface area contributed by atoms with Gasteiger partial charge in [-0.25, -0.2) is 13.5 Å². The number of fused-ring (bicyclic) bond motifs is 2. The van der Waals surface area contributed by atoms with Crippen LogP contribution in [0, 0.1) is 5.92 Å². The molecule has 1 atom stereocenters. The number of nitrogens with one attached hydrogen (secondary N) is 1. The minimum absolute atomic E-state index is 0.00432. The standard InChI is InChI=1S/C32H42F2N4O4Si/c1-20(24-7-6-8-28-25(24)13-14-32(28,33)34)35-30(40)26-18-38(23-11-9-22(10-12-23)21(2)39)31(41)27-17-37(36-29(26)27)19-42-15-16-43(3,4)5/h6-8,17-18,20,22-23H,9-16,19H2,1-5H3,(H,35,40)/t20-,22?,23?/m1/s1. The summed E-state index contributed by atoms with van der Waals surface area (Å²) in [5, 5.41) is 7.91. The van der Waals surface area contributed by atoms with Gasteiger partial charge in [-0.1, -0.05) is 37.8 Å². The van der Waals surface area contributed by atoms with E-state index in [0.29, 0.717) is 48.8 Å². The summed E-state index contributed by atoms with van der Waals surface area (Å²) in [6.07, 6.45) is 5.92. The van der Waals surface area contributed by atoms with Gasteiger partial charge in [-0.2, -0.15) is 5.10 Å². The Morgan fingerprint density at radius 3 is 2.56 bits per heavy atom. The Bertz CT molecular complexity index is 1580. The molecule has 0 bridgehead atoms. The molecule has 1 fully saturated rings. The number of aromatic nitrogens is 3. The summed E-state index contributed by atoms with van der Waals surface area (Å²) >= 11 is 0. The molecule has 2 aliphatic rings. The van der Waals surface area contributed by atoms with Crippen LogP contribution in [0.25, 0.3) is 10.9 Å². The van der Waals surface area contributed by atoms with Crippen molar-refractivity contribution in [2.45, 2.75) is 103 Å². The smallest absolute Gasteiger partial charge is 0.273 e. The van der Waals surface area contributed by atoms with Crippen molar-refractivity contribution in [1.82, 2.24) is 19.7 Å². The highest BCUT2D eigenvalue weighted by atomic mass is 28.3.